The molecular formula is C9H14FN3O2. The first-order chi connectivity index (χ1) is 7.06. The Hall–Kier alpha value is -1.24. The number of nitrogens with two attached hydrogens (primary N) is 2. The van der Waals surface area contributed by atoms with E-state index < -0.39 is 18.2 Å². The molecule has 6 heteroatoms. The molecule has 15 heavy (non-hydrogen) atoms. The molecule has 0 aliphatic heterocycles. The number of rotatable bonds is 4. The molecule has 0 aliphatic rings. The van der Waals surface area contributed by atoms with Crippen molar-refractivity contribution >= 4 is 5.69 Å². The molecule has 84 valence electrons. The Balaban J connectivity index is 2.89. The molecule has 1 heterocycles. The van der Waals surface area contributed by atoms with E-state index in [9.17, 15) is 14.6 Å². The number of anilines is 1. The minimum Gasteiger partial charge on any atom is -0.397 e. The van der Waals surface area contributed by atoms with E-state index in [0.29, 0.717) is 0 Å². The Morgan fingerprint density at radius 2 is 2.07 bits per heavy atom. The van der Waals surface area contributed by atoms with E-state index in [1.54, 1.807) is 0 Å². The van der Waals surface area contributed by atoms with Gasteiger partial charge in [0, 0.05) is 0 Å². The summed E-state index contributed by atoms with van der Waals surface area (Å²) >= 11 is 0. The van der Waals surface area contributed by atoms with Crippen LogP contribution in [0.25, 0.3) is 0 Å². The number of aliphatic hydroxyl groups excluding tert-OH is 2. The quantitative estimate of drug-likeness (QED) is 0.509. The lowest BCUT2D eigenvalue weighted by Crippen LogP contribution is -2.23. The van der Waals surface area contributed by atoms with Crippen LogP contribution in [0.15, 0.2) is 12.1 Å². The summed E-state index contributed by atoms with van der Waals surface area (Å²) in [5.41, 5.74) is 10.8. The lowest BCUT2D eigenvalue weighted by molar-refractivity contribution is 0.0126. The predicted molar refractivity (Wildman–Crippen MR) is 53.2 cm³/mol. The third-order valence-corrected chi connectivity index (χ3v) is 2.03. The molecule has 0 fully saturated rings. The van der Waals surface area contributed by atoms with Gasteiger partial charge in [-0.15, -0.1) is 0 Å². The zero-order valence-corrected chi connectivity index (χ0v) is 8.10. The third-order valence-electron chi connectivity index (χ3n) is 2.03. The van der Waals surface area contributed by atoms with Gasteiger partial charge in [-0.05, 0) is 25.1 Å². The second kappa shape index (κ2) is 5.01. The van der Waals surface area contributed by atoms with Crippen molar-refractivity contribution in [2.75, 3.05) is 12.3 Å². The van der Waals surface area contributed by atoms with E-state index in [1.165, 1.54) is 6.07 Å². The minimum absolute atomic E-state index is 0.0593. The zero-order chi connectivity index (χ0) is 11.4. The largest absolute Gasteiger partial charge is 0.397 e. The van der Waals surface area contributed by atoms with Crippen molar-refractivity contribution in [3.63, 3.8) is 0 Å². The Kier molecular flexibility index (Phi) is 3.96. The van der Waals surface area contributed by atoms with Crippen molar-refractivity contribution in [1.82, 2.24) is 4.98 Å². The SMILES string of the molecule is NCCC(O)C(O)c1nc(F)ccc1N. The van der Waals surface area contributed by atoms with Gasteiger partial charge in [-0.25, -0.2) is 4.98 Å². The molecular weight excluding hydrogens is 201 g/mol. The highest BCUT2D eigenvalue weighted by atomic mass is 19.1. The van der Waals surface area contributed by atoms with Gasteiger partial charge >= 0.3 is 0 Å². The van der Waals surface area contributed by atoms with Gasteiger partial charge in [-0.2, -0.15) is 4.39 Å². The topological polar surface area (TPSA) is 105 Å². The van der Waals surface area contributed by atoms with Crippen LogP contribution in [0.3, 0.4) is 0 Å². The van der Waals surface area contributed by atoms with Gasteiger partial charge in [-0.1, -0.05) is 0 Å². The van der Waals surface area contributed by atoms with E-state index in [2.05, 4.69) is 4.98 Å². The Bertz CT molecular complexity index is 335. The summed E-state index contributed by atoms with van der Waals surface area (Å²) in [7, 11) is 0. The van der Waals surface area contributed by atoms with Crippen molar-refractivity contribution < 1.29 is 14.6 Å². The minimum atomic E-state index is -1.32. The van der Waals surface area contributed by atoms with Crippen molar-refractivity contribution in [3.8, 4) is 0 Å². The van der Waals surface area contributed by atoms with E-state index in [0.717, 1.165) is 6.07 Å². The van der Waals surface area contributed by atoms with Gasteiger partial charge in [0.05, 0.1) is 17.5 Å². The molecule has 0 radical (unpaired) electrons. The highest BCUT2D eigenvalue weighted by Crippen LogP contribution is 2.22. The summed E-state index contributed by atoms with van der Waals surface area (Å²) < 4.78 is 12.8. The highest BCUT2D eigenvalue weighted by molar-refractivity contribution is 5.43. The number of pyridine rings is 1. The van der Waals surface area contributed by atoms with Crippen LogP contribution in [-0.2, 0) is 0 Å². The van der Waals surface area contributed by atoms with Crippen LogP contribution < -0.4 is 11.5 Å². The highest BCUT2D eigenvalue weighted by Gasteiger charge is 2.21. The van der Waals surface area contributed by atoms with Crippen LogP contribution in [0.1, 0.15) is 18.2 Å². The van der Waals surface area contributed by atoms with Crippen molar-refractivity contribution in [3.05, 3.63) is 23.8 Å². The smallest absolute Gasteiger partial charge is 0.213 e. The Labute approximate surface area is 86.5 Å². The second-order valence-electron chi connectivity index (χ2n) is 3.20. The van der Waals surface area contributed by atoms with Gasteiger partial charge in [0.25, 0.3) is 0 Å². The fourth-order valence-corrected chi connectivity index (χ4v) is 1.21. The van der Waals surface area contributed by atoms with Crippen LogP contribution in [0, 0.1) is 5.95 Å². The third kappa shape index (κ3) is 2.85. The first-order valence-corrected chi connectivity index (χ1v) is 4.54. The fraction of sp³-hybridized carbons (Fsp3) is 0.444. The fourth-order valence-electron chi connectivity index (χ4n) is 1.21. The lowest BCUT2D eigenvalue weighted by atomic mass is 10.1. The summed E-state index contributed by atoms with van der Waals surface area (Å²) in [6.07, 6.45) is -2.21. The van der Waals surface area contributed by atoms with Gasteiger partial charge in [0.2, 0.25) is 5.95 Å². The number of aromatic nitrogens is 1. The molecule has 0 saturated carbocycles. The van der Waals surface area contributed by atoms with E-state index in [1.807, 2.05) is 0 Å². The molecule has 6 N–H and O–H groups in total. The molecule has 5 nitrogen and oxygen atoms in total. The first-order valence-electron chi connectivity index (χ1n) is 4.54. The number of hydrogen-bond acceptors (Lipinski definition) is 5. The number of aliphatic hydroxyl groups is 2. The summed E-state index contributed by atoms with van der Waals surface area (Å²) in [5.74, 6) is -0.752. The van der Waals surface area contributed by atoms with Gasteiger partial charge in [0.1, 0.15) is 6.10 Å². The molecule has 0 saturated heterocycles. The zero-order valence-electron chi connectivity index (χ0n) is 8.10. The monoisotopic (exact) mass is 215 g/mol. The average molecular weight is 215 g/mol. The molecule has 0 amide bonds. The first kappa shape index (κ1) is 11.8. The lowest BCUT2D eigenvalue weighted by Gasteiger charge is -2.17. The molecule has 1 rings (SSSR count). The summed E-state index contributed by atoms with van der Waals surface area (Å²) in [6, 6.07) is 2.37. The molecule has 0 bridgehead atoms. The normalized spacial score (nSPS) is 14.9. The van der Waals surface area contributed by atoms with Crippen molar-refractivity contribution in [2.24, 2.45) is 5.73 Å². The number of hydrogen-bond donors (Lipinski definition) is 4. The van der Waals surface area contributed by atoms with Gasteiger partial charge in [0.15, 0.2) is 0 Å². The van der Waals surface area contributed by atoms with Gasteiger partial charge in [-0.3, -0.25) is 0 Å². The Morgan fingerprint density at radius 3 is 2.67 bits per heavy atom. The van der Waals surface area contributed by atoms with E-state index in [4.69, 9.17) is 11.5 Å². The molecule has 1 aromatic heterocycles. The summed E-state index contributed by atoms with van der Waals surface area (Å²) in [4.78, 5) is 3.43. The van der Waals surface area contributed by atoms with Crippen LogP contribution in [0.2, 0.25) is 0 Å². The summed E-state index contributed by atoms with van der Waals surface area (Å²) in [5, 5.41) is 19.0. The van der Waals surface area contributed by atoms with Crippen molar-refractivity contribution in [2.45, 2.75) is 18.6 Å². The van der Waals surface area contributed by atoms with E-state index in [-0.39, 0.29) is 24.3 Å². The number of nitrogen functional groups attached to an aromatic ring is 1. The second-order valence-corrected chi connectivity index (χ2v) is 3.20. The predicted octanol–water partition coefficient (Wildman–Crippen LogP) is -0.454. The van der Waals surface area contributed by atoms with Crippen molar-refractivity contribution in [1.29, 1.82) is 0 Å². The van der Waals surface area contributed by atoms with Crippen LogP contribution >= 0.6 is 0 Å². The van der Waals surface area contributed by atoms with E-state index >= 15 is 0 Å². The standard InChI is InChI=1S/C9H14FN3O2/c10-7-2-1-5(12)8(13-7)9(15)6(14)3-4-11/h1-2,6,9,14-15H,3-4,11-12H2. The molecule has 2 unspecified atom stereocenters. The van der Waals surface area contributed by atoms with Crippen LogP contribution in [0.4, 0.5) is 10.1 Å². The number of halogens is 1. The molecule has 0 aromatic carbocycles. The Morgan fingerprint density at radius 1 is 1.40 bits per heavy atom. The van der Waals surface area contributed by atoms with Gasteiger partial charge < -0.3 is 21.7 Å². The maximum Gasteiger partial charge on any atom is 0.213 e. The van der Waals surface area contributed by atoms with Crippen LogP contribution in [0.5, 0.6) is 0 Å². The molecule has 2 atom stereocenters. The molecule has 0 aliphatic carbocycles. The summed E-state index contributed by atoms with van der Waals surface area (Å²) in [6.45, 7) is 0.216. The maximum absolute atomic E-state index is 12.8. The molecule has 1 aromatic rings. The van der Waals surface area contributed by atoms with Crippen LogP contribution in [-0.4, -0.2) is 27.8 Å². The maximum atomic E-state index is 12.8. The number of nitrogens with zero attached hydrogens (tertiary/aromatic N) is 1. The molecule has 0 spiro atoms. The average Bonchev–Trinajstić information content (AvgIpc) is 2.21.